The van der Waals surface area contributed by atoms with E-state index in [4.69, 9.17) is 23.9 Å². The minimum absolute atomic E-state index is 0.111. The highest BCUT2D eigenvalue weighted by molar-refractivity contribution is 7.53. The van der Waals surface area contributed by atoms with Crippen LogP contribution in [0, 0.1) is 56.2 Å². The van der Waals surface area contributed by atoms with Gasteiger partial charge in [-0.2, -0.15) is 15.8 Å². The fourth-order valence-electron chi connectivity index (χ4n) is 4.87. The van der Waals surface area contributed by atoms with Crippen LogP contribution in [0.3, 0.4) is 0 Å². The Kier molecular flexibility index (Phi) is 5.30. The van der Waals surface area contributed by atoms with E-state index in [-0.39, 0.29) is 19.4 Å². The Labute approximate surface area is 164 Å². The molecule has 2 heterocycles. The predicted molar refractivity (Wildman–Crippen MR) is 95.8 cm³/mol. The van der Waals surface area contributed by atoms with Gasteiger partial charge in [-0.05, 0) is 26.7 Å². The van der Waals surface area contributed by atoms with Crippen molar-refractivity contribution in [2.45, 2.75) is 51.4 Å². The van der Waals surface area contributed by atoms with E-state index in [0.29, 0.717) is 12.8 Å². The molecule has 3 fully saturated rings. The second-order valence-corrected chi connectivity index (χ2v) is 9.33. The molecule has 150 valence electrons. The molecule has 0 aromatic rings. The highest BCUT2D eigenvalue weighted by atomic mass is 31.2. The van der Waals surface area contributed by atoms with Crippen LogP contribution in [0.5, 0.6) is 0 Å². The van der Waals surface area contributed by atoms with Gasteiger partial charge in [0.1, 0.15) is 6.10 Å². The molecule has 10 heteroatoms. The van der Waals surface area contributed by atoms with Crippen molar-refractivity contribution in [1.29, 1.82) is 21.2 Å². The van der Waals surface area contributed by atoms with E-state index < -0.39 is 42.1 Å². The van der Waals surface area contributed by atoms with Crippen LogP contribution in [0.15, 0.2) is 0 Å². The molecule has 1 N–H and O–H groups in total. The van der Waals surface area contributed by atoms with Gasteiger partial charge in [-0.1, -0.05) is 6.42 Å². The second kappa shape index (κ2) is 7.14. The summed E-state index contributed by atoms with van der Waals surface area (Å²) in [6, 6.07) is 5.96. The molecule has 2 aliphatic heterocycles. The summed E-state index contributed by atoms with van der Waals surface area (Å²) in [5.41, 5.74) is -3.85. The van der Waals surface area contributed by atoms with E-state index >= 15 is 0 Å². The average Bonchev–Trinajstić information content (AvgIpc) is 2.88. The maximum atomic E-state index is 13.1. The van der Waals surface area contributed by atoms with Crippen LogP contribution in [0.4, 0.5) is 0 Å². The standard InChI is InChI=1S/C18H23N4O5P/c1-3-24-28(23,25-4-2)9-14-16(10-19,11-20)17(12-21)13-7-5-6-8-18(13,26-14)27-15(17)22/h13-14,22H,3-9H2,1-2H3/t13-,14+,17+,18+/m0/s1. The van der Waals surface area contributed by atoms with Crippen LogP contribution < -0.4 is 0 Å². The third-order valence-corrected chi connectivity index (χ3v) is 8.05. The topological polar surface area (TPSA) is 149 Å². The molecular weight excluding hydrogens is 383 g/mol. The monoisotopic (exact) mass is 406 g/mol. The molecule has 2 bridgehead atoms. The third-order valence-electron chi connectivity index (χ3n) is 5.97. The van der Waals surface area contributed by atoms with Gasteiger partial charge in [-0.3, -0.25) is 9.97 Å². The zero-order chi connectivity index (χ0) is 20.6. The van der Waals surface area contributed by atoms with Crippen LogP contribution in [0.2, 0.25) is 0 Å². The van der Waals surface area contributed by atoms with Gasteiger partial charge in [0.25, 0.3) is 0 Å². The lowest BCUT2D eigenvalue weighted by atomic mass is 9.52. The summed E-state index contributed by atoms with van der Waals surface area (Å²) < 4.78 is 35.7. The molecule has 0 unspecified atom stereocenters. The number of hydrogen-bond acceptors (Lipinski definition) is 9. The molecule has 3 aliphatic rings. The van der Waals surface area contributed by atoms with Gasteiger partial charge in [-0.15, -0.1) is 0 Å². The molecule has 28 heavy (non-hydrogen) atoms. The van der Waals surface area contributed by atoms with E-state index in [2.05, 4.69) is 6.07 Å². The molecule has 1 aliphatic carbocycles. The Morgan fingerprint density at radius 2 is 1.82 bits per heavy atom. The van der Waals surface area contributed by atoms with E-state index in [9.17, 15) is 20.4 Å². The van der Waals surface area contributed by atoms with Gasteiger partial charge in [0.15, 0.2) is 10.8 Å². The Hall–Kier alpha value is -1.95. The zero-order valence-corrected chi connectivity index (χ0v) is 16.8. The van der Waals surface area contributed by atoms with Crippen molar-refractivity contribution in [2.75, 3.05) is 19.4 Å². The van der Waals surface area contributed by atoms with Crippen molar-refractivity contribution >= 4 is 13.5 Å². The molecule has 4 atom stereocenters. The summed E-state index contributed by atoms with van der Waals surface area (Å²) in [5, 5.41) is 38.7. The van der Waals surface area contributed by atoms with Gasteiger partial charge in [-0.25, -0.2) is 0 Å². The highest BCUT2D eigenvalue weighted by Crippen LogP contribution is 2.68. The Morgan fingerprint density at radius 1 is 1.18 bits per heavy atom. The summed E-state index contributed by atoms with van der Waals surface area (Å²) in [5.74, 6) is -2.30. The normalized spacial score (nSPS) is 35.8. The van der Waals surface area contributed by atoms with Crippen molar-refractivity contribution < 1.29 is 23.1 Å². The minimum atomic E-state index is -3.69. The molecule has 0 spiro atoms. The van der Waals surface area contributed by atoms with Crippen LogP contribution in [-0.2, 0) is 23.1 Å². The van der Waals surface area contributed by atoms with Gasteiger partial charge in [0, 0.05) is 6.42 Å². The lowest BCUT2D eigenvalue weighted by Crippen LogP contribution is -2.64. The smallest absolute Gasteiger partial charge is 0.333 e. The summed E-state index contributed by atoms with van der Waals surface area (Å²) in [6.07, 6.45) is 0.846. The average molecular weight is 406 g/mol. The zero-order valence-electron chi connectivity index (χ0n) is 15.9. The number of nitrogens with zero attached hydrogens (tertiary/aromatic N) is 3. The lowest BCUT2D eigenvalue weighted by molar-refractivity contribution is -0.286. The molecule has 9 nitrogen and oxygen atoms in total. The Bertz CT molecular complexity index is 818. The van der Waals surface area contributed by atoms with E-state index in [1.54, 1.807) is 13.8 Å². The lowest BCUT2D eigenvalue weighted by Gasteiger charge is -2.51. The molecule has 1 saturated carbocycles. The molecule has 3 rings (SSSR count). The molecular formula is C18H23N4O5P. The summed E-state index contributed by atoms with van der Waals surface area (Å²) in [6.45, 7) is 3.54. The number of nitriles is 3. The van der Waals surface area contributed by atoms with Crippen LogP contribution >= 0.6 is 7.60 Å². The van der Waals surface area contributed by atoms with Crippen LogP contribution in [0.25, 0.3) is 0 Å². The fourth-order valence-corrected chi connectivity index (χ4v) is 6.70. The third kappa shape index (κ3) is 2.53. The summed E-state index contributed by atoms with van der Waals surface area (Å²) in [7, 11) is -3.69. The largest absolute Gasteiger partial charge is 0.447 e. The number of nitrogens with one attached hydrogen (secondary N) is 1. The van der Waals surface area contributed by atoms with Gasteiger partial charge in [0.05, 0.1) is 43.5 Å². The Morgan fingerprint density at radius 3 is 2.36 bits per heavy atom. The van der Waals surface area contributed by atoms with Crippen molar-refractivity contribution in [3.05, 3.63) is 0 Å². The maximum Gasteiger partial charge on any atom is 0.333 e. The first-order valence-electron chi connectivity index (χ1n) is 9.41. The first kappa shape index (κ1) is 20.8. The van der Waals surface area contributed by atoms with Crippen molar-refractivity contribution in [1.82, 2.24) is 0 Å². The molecule has 0 radical (unpaired) electrons. The predicted octanol–water partition coefficient (Wildman–Crippen LogP) is 3.09. The summed E-state index contributed by atoms with van der Waals surface area (Å²) >= 11 is 0. The van der Waals surface area contributed by atoms with Crippen LogP contribution in [-0.4, -0.2) is 37.2 Å². The number of ether oxygens (including phenoxy) is 2. The van der Waals surface area contributed by atoms with E-state index in [0.717, 1.165) is 12.8 Å². The summed E-state index contributed by atoms with van der Waals surface area (Å²) in [4.78, 5) is 0. The van der Waals surface area contributed by atoms with Gasteiger partial charge in [0.2, 0.25) is 11.7 Å². The van der Waals surface area contributed by atoms with E-state index in [1.807, 2.05) is 12.1 Å². The maximum absolute atomic E-state index is 13.1. The van der Waals surface area contributed by atoms with Crippen LogP contribution in [0.1, 0.15) is 39.5 Å². The van der Waals surface area contributed by atoms with Crippen molar-refractivity contribution in [2.24, 2.45) is 16.7 Å². The van der Waals surface area contributed by atoms with E-state index in [1.165, 1.54) is 0 Å². The van der Waals surface area contributed by atoms with Crippen molar-refractivity contribution in [3.8, 4) is 18.2 Å². The molecule has 0 amide bonds. The number of hydrogen-bond donors (Lipinski definition) is 1. The highest BCUT2D eigenvalue weighted by Gasteiger charge is 2.80. The number of rotatable bonds is 6. The fraction of sp³-hybridized carbons (Fsp3) is 0.778. The van der Waals surface area contributed by atoms with Crippen molar-refractivity contribution in [3.63, 3.8) is 0 Å². The molecule has 0 aromatic carbocycles. The first-order chi connectivity index (χ1) is 13.3. The van der Waals surface area contributed by atoms with Gasteiger partial charge < -0.3 is 18.5 Å². The Balaban J connectivity index is 2.16. The second-order valence-electron chi connectivity index (χ2n) is 7.23. The quantitative estimate of drug-likeness (QED) is 0.661. The SMILES string of the molecule is CCOP(=O)(C[C@H]1O[C@@]23CCCC[C@H]2[C@](C#N)(C(=N)O3)C1(C#N)C#N)OCC. The molecule has 0 aromatic heterocycles. The minimum Gasteiger partial charge on any atom is -0.447 e. The first-order valence-corrected chi connectivity index (χ1v) is 11.1. The molecule has 2 saturated heterocycles. The van der Waals surface area contributed by atoms with Gasteiger partial charge >= 0.3 is 7.60 Å².